The lowest BCUT2D eigenvalue weighted by atomic mass is 10.2. The summed E-state index contributed by atoms with van der Waals surface area (Å²) in [4.78, 5) is 21.1. The summed E-state index contributed by atoms with van der Waals surface area (Å²) in [6.07, 6.45) is 3.61. The normalized spacial score (nSPS) is 14.8. The molecular weight excluding hydrogens is 326 g/mol. The average molecular weight is 353 g/mol. The number of anilines is 1. The van der Waals surface area contributed by atoms with Crippen molar-refractivity contribution in [3.63, 3.8) is 0 Å². The molecule has 0 radical (unpaired) electrons. The van der Waals surface area contributed by atoms with Crippen molar-refractivity contribution in [2.45, 2.75) is 6.54 Å². The Morgan fingerprint density at radius 3 is 2.69 bits per heavy atom. The average Bonchev–Trinajstić information content (AvgIpc) is 2.70. The first-order valence-electron chi connectivity index (χ1n) is 9.20. The number of nitrogens with zero attached hydrogens (tertiary/aromatic N) is 3. The van der Waals surface area contributed by atoms with Crippen molar-refractivity contribution in [1.82, 2.24) is 20.5 Å². The maximum Gasteiger partial charge on any atom is 0.239 e. The van der Waals surface area contributed by atoms with Crippen molar-refractivity contribution in [2.75, 3.05) is 50.7 Å². The zero-order valence-corrected chi connectivity index (χ0v) is 15.1. The zero-order valence-electron chi connectivity index (χ0n) is 15.1. The van der Waals surface area contributed by atoms with Gasteiger partial charge in [0.05, 0.1) is 6.54 Å². The molecule has 2 heterocycles. The van der Waals surface area contributed by atoms with E-state index in [9.17, 15) is 4.79 Å². The van der Waals surface area contributed by atoms with Crippen LogP contribution in [0.15, 0.2) is 54.9 Å². The molecule has 1 amide bonds. The Hall–Kier alpha value is -2.44. The van der Waals surface area contributed by atoms with E-state index in [4.69, 9.17) is 0 Å². The lowest BCUT2D eigenvalue weighted by Crippen LogP contribution is -2.47. The predicted octanol–water partition coefficient (Wildman–Crippen LogP) is 1.11. The molecule has 6 heteroatoms. The molecule has 1 aromatic carbocycles. The summed E-state index contributed by atoms with van der Waals surface area (Å²) in [6, 6.07) is 14.0. The number of hydrogen-bond donors (Lipinski definition) is 2. The zero-order chi connectivity index (χ0) is 18.0. The van der Waals surface area contributed by atoms with Crippen LogP contribution in [-0.2, 0) is 11.3 Å². The largest absolute Gasteiger partial charge is 0.358 e. The Labute approximate surface area is 155 Å². The van der Waals surface area contributed by atoms with Crippen LogP contribution in [0.25, 0.3) is 0 Å². The van der Waals surface area contributed by atoms with E-state index in [1.165, 1.54) is 0 Å². The van der Waals surface area contributed by atoms with Crippen LogP contribution in [0.2, 0.25) is 0 Å². The second-order valence-corrected chi connectivity index (χ2v) is 6.49. The van der Waals surface area contributed by atoms with Gasteiger partial charge in [0, 0.05) is 63.9 Å². The van der Waals surface area contributed by atoms with Crippen LogP contribution in [0, 0.1) is 0 Å². The number of nitrogens with one attached hydrogen (secondary N) is 2. The fourth-order valence-electron chi connectivity index (χ4n) is 3.11. The number of pyridine rings is 1. The number of benzene rings is 1. The fourth-order valence-corrected chi connectivity index (χ4v) is 3.11. The maximum absolute atomic E-state index is 12.5. The molecule has 0 spiro atoms. The van der Waals surface area contributed by atoms with Gasteiger partial charge in [0.2, 0.25) is 5.91 Å². The summed E-state index contributed by atoms with van der Waals surface area (Å²) >= 11 is 0. The molecular formula is C20H27N5O. The Morgan fingerprint density at radius 1 is 1.15 bits per heavy atom. The van der Waals surface area contributed by atoms with Gasteiger partial charge in [-0.15, -0.1) is 0 Å². The minimum Gasteiger partial charge on any atom is -0.358 e. The van der Waals surface area contributed by atoms with Crippen molar-refractivity contribution in [3.8, 4) is 0 Å². The third-order valence-electron chi connectivity index (χ3n) is 4.51. The van der Waals surface area contributed by atoms with Crippen molar-refractivity contribution in [3.05, 3.63) is 60.4 Å². The molecule has 0 atom stereocenters. The van der Waals surface area contributed by atoms with Crippen molar-refractivity contribution in [1.29, 1.82) is 0 Å². The second-order valence-electron chi connectivity index (χ2n) is 6.49. The van der Waals surface area contributed by atoms with Crippen LogP contribution >= 0.6 is 0 Å². The summed E-state index contributed by atoms with van der Waals surface area (Å²) in [5, 5.41) is 6.40. The summed E-state index contributed by atoms with van der Waals surface area (Å²) < 4.78 is 0. The van der Waals surface area contributed by atoms with Crippen LogP contribution in [0.4, 0.5) is 5.69 Å². The first-order valence-corrected chi connectivity index (χ1v) is 9.20. The molecule has 0 saturated carbocycles. The highest BCUT2D eigenvalue weighted by Crippen LogP contribution is 2.16. The number of para-hydroxylation sites is 1. The van der Waals surface area contributed by atoms with Gasteiger partial charge in [-0.05, 0) is 23.8 Å². The van der Waals surface area contributed by atoms with E-state index in [0.717, 1.165) is 44.0 Å². The molecule has 26 heavy (non-hydrogen) atoms. The third kappa shape index (κ3) is 5.82. The fraction of sp³-hybridized carbons (Fsp3) is 0.400. The quantitative estimate of drug-likeness (QED) is 0.745. The Balaban J connectivity index is 1.53. The molecule has 1 fully saturated rings. The van der Waals surface area contributed by atoms with Gasteiger partial charge in [-0.2, -0.15) is 0 Å². The van der Waals surface area contributed by atoms with Crippen LogP contribution < -0.4 is 15.5 Å². The van der Waals surface area contributed by atoms with Crippen LogP contribution in [0.5, 0.6) is 0 Å². The van der Waals surface area contributed by atoms with E-state index in [0.29, 0.717) is 19.6 Å². The van der Waals surface area contributed by atoms with Gasteiger partial charge in [-0.1, -0.05) is 24.3 Å². The van der Waals surface area contributed by atoms with E-state index < -0.39 is 0 Å². The first kappa shape index (κ1) is 18.4. The maximum atomic E-state index is 12.5. The molecule has 138 valence electrons. The van der Waals surface area contributed by atoms with E-state index in [1.54, 1.807) is 6.20 Å². The molecule has 3 rings (SSSR count). The van der Waals surface area contributed by atoms with E-state index in [1.807, 2.05) is 48.7 Å². The number of rotatable bonds is 8. The summed E-state index contributed by atoms with van der Waals surface area (Å²) in [6.45, 7) is 6.74. The van der Waals surface area contributed by atoms with E-state index in [2.05, 4.69) is 25.4 Å². The predicted molar refractivity (Wildman–Crippen MR) is 104 cm³/mol. The minimum absolute atomic E-state index is 0.0490. The molecule has 1 aliphatic heterocycles. The standard InChI is InChI=1S/C20H27N5O/c26-20(23-11-14-24-12-9-21-10-13-24)17-25(19-6-2-1-3-7-19)16-18-5-4-8-22-15-18/h1-8,15,21H,9-14,16-17H2,(H,23,26). The highest BCUT2D eigenvalue weighted by Gasteiger charge is 2.13. The van der Waals surface area contributed by atoms with Crippen molar-refractivity contribution < 1.29 is 4.79 Å². The van der Waals surface area contributed by atoms with Crippen LogP contribution in [-0.4, -0.2) is 61.6 Å². The van der Waals surface area contributed by atoms with Gasteiger partial charge in [-0.25, -0.2) is 0 Å². The first-order chi connectivity index (χ1) is 12.8. The van der Waals surface area contributed by atoms with E-state index in [-0.39, 0.29) is 5.91 Å². The molecule has 1 aliphatic rings. The lowest BCUT2D eigenvalue weighted by molar-refractivity contribution is -0.119. The number of amides is 1. The van der Waals surface area contributed by atoms with Gasteiger partial charge in [-0.3, -0.25) is 14.7 Å². The van der Waals surface area contributed by atoms with Gasteiger partial charge in [0.25, 0.3) is 0 Å². The Morgan fingerprint density at radius 2 is 1.96 bits per heavy atom. The molecule has 0 unspecified atom stereocenters. The number of carbonyl (C=O) groups is 1. The van der Waals surface area contributed by atoms with Crippen LogP contribution in [0.3, 0.4) is 0 Å². The van der Waals surface area contributed by atoms with Gasteiger partial charge in [0.1, 0.15) is 0 Å². The lowest BCUT2D eigenvalue weighted by Gasteiger charge is -2.27. The SMILES string of the molecule is O=C(CN(Cc1cccnc1)c1ccccc1)NCCN1CCNCC1. The minimum atomic E-state index is 0.0490. The van der Waals surface area contributed by atoms with E-state index >= 15 is 0 Å². The highest BCUT2D eigenvalue weighted by atomic mass is 16.2. The number of hydrogen-bond acceptors (Lipinski definition) is 5. The molecule has 6 nitrogen and oxygen atoms in total. The number of piperazine rings is 1. The van der Waals surface area contributed by atoms with Crippen molar-refractivity contribution in [2.24, 2.45) is 0 Å². The monoisotopic (exact) mass is 353 g/mol. The molecule has 1 aromatic heterocycles. The van der Waals surface area contributed by atoms with Crippen molar-refractivity contribution >= 4 is 11.6 Å². The third-order valence-corrected chi connectivity index (χ3v) is 4.51. The molecule has 2 aromatic rings. The number of carbonyl (C=O) groups excluding carboxylic acids is 1. The summed E-state index contributed by atoms with van der Waals surface area (Å²) in [7, 11) is 0. The molecule has 1 saturated heterocycles. The summed E-state index contributed by atoms with van der Waals surface area (Å²) in [5.74, 6) is 0.0490. The topological polar surface area (TPSA) is 60.5 Å². The Bertz CT molecular complexity index is 658. The summed E-state index contributed by atoms with van der Waals surface area (Å²) in [5.41, 5.74) is 2.12. The smallest absolute Gasteiger partial charge is 0.239 e. The van der Waals surface area contributed by atoms with Crippen LogP contribution in [0.1, 0.15) is 5.56 Å². The van der Waals surface area contributed by atoms with Gasteiger partial charge >= 0.3 is 0 Å². The van der Waals surface area contributed by atoms with Gasteiger partial charge < -0.3 is 15.5 Å². The number of aromatic nitrogens is 1. The Kier molecular flexibility index (Phi) is 6.98. The molecule has 0 aliphatic carbocycles. The highest BCUT2D eigenvalue weighted by molar-refractivity contribution is 5.81. The molecule has 2 N–H and O–H groups in total. The van der Waals surface area contributed by atoms with Gasteiger partial charge in [0.15, 0.2) is 0 Å². The molecule has 0 bridgehead atoms. The second kappa shape index (κ2) is 9.89.